The van der Waals surface area contributed by atoms with E-state index in [9.17, 15) is 13.2 Å². The SMILES string of the molecule is CN1CCN(C2COC3(CCN(S(=O)(=O)c4ccc5[nH]c(=O)oc5c4)CC3)C2)CC1.O=CO. The van der Waals surface area contributed by atoms with Crippen molar-refractivity contribution >= 4 is 27.6 Å². The standard InChI is InChI=1S/C20H28N4O5S.CH2O2/c1-22-8-10-23(11-9-22)15-13-20(28-14-15)4-6-24(7-5-20)30(26,27)16-2-3-17-18(12-16)29-19(25)21-17;2-1-3/h2-3,12,15H,4-11,13-14H2,1H3,(H,21,25);1H,(H,2,3). The summed E-state index contributed by atoms with van der Waals surface area (Å²) in [5.41, 5.74) is 0.534. The Morgan fingerprint density at radius 2 is 1.82 bits per heavy atom. The van der Waals surface area contributed by atoms with Gasteiger partial charge in [0.2, 0.25) is 10.0 Å². The van der Waals surface area contributed by atoms with Crippen molar-refractivity contribution in [1.29, 1.82) is 0 Å². The molecule has 3 fully saturated rings. The van der Waals surface area contributed by atoms with Gasteiger partial charge in [0.25, 0.3) is 6.47 Å². The van der Waals surface area contributed by atoms with E-state index in [-0.39, 0.29) is 22.6 Å². The van der Waals surface area contributed by atoms with Gasteiger partial charge < -0.3 is 19.2 Å². The molecule has 1 unspecified atom stereocenters. The van der Waals surface area contributed by atoms with Crippen LogP contribution in [-0.2, 0) is 19.6 Å². The number of piperidine rings is 1. The zero-order valence-corrected chi connectivity index (χ0v) is 19.4. The average molecular weight is 483 g/mol. The summed E-state index contributed by atoms with van der Waals surface area (Å²) in [4.78, 5) is 27.3. The number of aromatic nitrogens is 1. The zero-order valence-electron chi connectivity index (χ0n) is 18.6. The van der Waals surface area contributed by atoms with Crippen molar-refractivity contribution in [3.8, 4) is 0 Å². The Morgan fingerprint density at radius 1 is 1.15 bits per heavy atom. The van der Waals surface area contributed by atoms with Gasteiger partial charge in [-0.1, -0.05) is 0 Å². The van der Waals surface area contributed by atoms with Gasteiger partial charge in [0.15, 0.2) is 5.58 Å². The lowest BCUT2D eigenvalue weighted by Crippen LogP contribution is -2.50. The van der Waals surface area contributed by atoms with Crippen LogP contribution in [0.3, 0.4) is 0 Å². The normalized spacial score (nSPS) is 24.6. The molecule has 0 bridgehead atoms. The van der Waals surface area contributed by atoms with E-state index in [4.69, 9.17) is 19.1 Å². The lowest BCUT2D eigenvalue weighted by atomic mass is 9.88. The Morgan fingerprint density at radius 3 is 2.48 bits per heavy atom. The predicted octanol–water partition coefficient (Wildman–Crippen LogP) is 0.382. The molecule has 11 nitrogen and oxygen atoms in total. The second kappa shape index (κ2) is 9.55. The number of sulfonamides is 1. The van der Waals surface area contributed by atoms with Crippen LogP contribution in [0.25, 0.3) is 11.1 Å². The highest BCUT2D eigenvalue weighted by atomic mass is 32.2. The monoisotopic (exact) mass is 482 g/mol. The first-order valence-electron chi connectivity index (χ1n) is 11.0. The molecule has 1 aromatic heterocycles. The molecule has 4 heterocycles. The first-order chi connectivity index (χ1) is 15.8. The summed E-state index contributed by atoms with van der Waals surface area (Å²) in [6.07, 6.45) is 2.39. The van der Waals surface area contributed by atoms with Crippen molar-refractivity contribution < 1.29 is 27.5 Å². The maximum Gasteiger partial charge on any atom is 0.417 e. The molecule has 2 aromatic rings. The highest BCUT2D eigenvalue weighted by Crippen LogP contribution is 2.39. The van der Waals surface area contributed by atoms with Gasteiger partial charge in [-0.05, 0) is 38.4 Å². The Bertz CT molecular complexity index is 1130. The number of nitrogens with zero attached hydrogens (tertiary/aromatic N) is 3. The second-order valence-electron chi connectivity index (χ2n) is 8.87. The molecule has 3 aliphatic heterocycles. The molecular formula is C21H30N4O7S. The van der Waals surface area contributed by atoms with Gasteiger partial charge >= 0.3 is 5.76 Å². The van der Waals surface area contributed by atoms with E-state index in [1.807, 2.05) is 0 Å². The molecule has 182 valence electrons. The number of oxazole rings is 1. The minimum Gasteiger partial charge on any atom is -0.483 e. The maximum absolute atomic E-state index is 13.1. The Balaban J connectivity index is 0.000000821. The number of piperazine rings is 1. The molecule has 5 rings (SSSR count). The van der Waals surface area contributed by atoms with Gasteiger partial charge in [-0.25, -0.2) is 13.2 Å². The number of rotatable bonds is 3. The van der Waals surface area contributed by atoms with Crippen LogP contribution in [0.5, 0.6) is 0 Å². The van der Waals surface area contributed by atoms with Crippen LogP contribution in [0.1, 0.15) is 19.3 Å². The number of likely N-dealkylation sites (N-methyl/N-ethyl adjacent to an activating group) is 1. The molecule has 3 saturated heterocycles. The van der Waals surface area contributed by atoms with Crippen LogP contribution in [0, 0.1) is 0 Å². The van der Waals surface area contributed by atoms with E-state index in [1.165, 1.54) is 16.4 Å². The minimum atomic E-state index is -3.64. The molecule has 0 radical (unpaired) electrons. The summed E-state index contributed by atoms with van der Waals surface area (Å²) >= 11 is 0. The van der Waals surface area contributed by atoms with Gasteiger partial charge in [-0.15, -0.1) is 0 Å². The van der Waals surface area contributed by atoms with E-state index in [2.05, 4.69) is 21.8 Å². The highest BCUT2D eigenvalue weighted by molar-refractivity contribution is 7.89. The minimum absolute atomic E-state index is 0.149. The molecule has 3 aliphatic rings. The third-order valence-electron chi connectivity index (χ3n) is 6.91. The van der Waals surface area contributed by atoms with Crippen LogP contribution >= 0.6 is 0 Å². The Kier molecular flexibility index (Phi) is 6.91. The van der Waals surface area contributed by atoms with Crippen molar-refractivity contribution in [3.05, 3.63) is 28.7 Å². The van der Waals surface area contributed by atoms with Crippen molar-refractivity contribution in [1.82, 2.24) is 19.1 Å². The summed E-state index contributed by atoms with van der Waals surface area (Å²) in [5, 5.41) is 6.89. The molecular weight excluding hydrogens is 452 g/mol. The van der Waals surface area contributed by atoms with E-state index < -0.39 is 15.8 Å². The van der Waals surface area contributed by atoms with Crippen molar-refractivity contribution in [3.63, 3.8) is 0 Å². The number of H-pyrrole nitrogens is 1. The summed E-state index contributed by atoms with van der Waals surface area (Å²) in [6, 6.07) is 4.94. The molecule has 1 spiro atoms. The van der Waals surface area contributed by atoms with Crippen LogP contribution < -0.4 is 5.76 Å². The van der Waals surface area contributed by atoms with Gasteiger partial charge in [0.1, 0.15) is 0 Å². The fourth-order valence-corrected chi connectivity index (χ4v) is 6.42. The molecule has 0 amide bonds. The number of carbonyl (C=O) groups is 1. The van der Waals surface area contributed by atoms with Gasteiger partial charge in [-0.3, -0.25) is 14.7 Å². The maximum atomic E-state index is 13.1. The van der Waals surface area contributed by atoms with Crippen molar-refractivity contribution in [2.24, 2.45) is 0 Å². The van der Waals surface area contributed by atoms with Crippen LogP contribution in [-0.4, -0.2) is 104 Å². The molecule has 1 atom stereocenters. The summed E-state index contributed by atoms with van der Waals surface area (Å²) in [7, 11) is -1.49. The van der Waals surface area contributed by atoms with E-state index in [0.717, 1.165) is 39.2 Å². The smallest absolute Gasteiger partial charge is 0.417 e. The molecule has 2 N–H and O–H groups in total. The Hall–Kier alpha value is -2.25. The number of benzene rings is 1. The number of carboxylic acid groups (broad SMARTS) is 1. The van der Waals surface area contributed by atoms with Crippen LogP contribution in [0.2, 0.25) is 0 Å². The highest BCUT2D eigenvalue weighted by Gasteiger charge is 2.46. The van der Waals surface area contributed by atoms with E-state index in [0.29, 0.717) is 37.5 Å². The third kappa shape index (κ3) is 4.99. The molecule has 0 aliphatic carbocycles. The number of nitrogens with one attached hydrogen (secondary N) is 1. The molecule has 12 heteroatoms. The number of aromatic amines is 1. The van der Waals surface area contributed by atoms with Gasteiger partial charge in [0, 0.05) is 51.4 Å². The molecule has 1 aromatic carbocycles. The van der Waals surface area contributed by atoms with Crippen molar-refractivity contribution in [2.75, 3.05) is 52.9 Å². The zero-order chi connectivity index (χ0) is 23.6. The molecule has 0 saturated carbocycles. The number of fused-ring (bicyclic) bond motifs is 1. The van der Waals surface area contributed by atoms with Crippen LogP contribution in [0.4, 0.5) is 0 Å². The second-order valence-corrected chi connectivity index (χ2v) is 10.8. The summed E-state index contributed by atoms with van der Waals surface area (Å²) in [5.74, 6) is -0.590. The predicted molar refractivity (Wildman–Crippen MR) is 120 cm³/mol. The fraction of sp³-hybridized carbons (Fsp3) is 0.619. The molecule has 33 heavy (non-hydrogen) atoms. The first-order valence-corrected chi connectivity index (χ1v) is 12.5. The van der Waals surface area contributed by atoms with E-state index in [1.54, 1.807) is 6.07 Å². The van der Waals surface area contributed by atoms with Gasteiger partial charge in [-0.2, -0.15) is 4.31 Å². The third-order valence-corrected chi connectivity index (χ3v) is 8.80. The topological polar surface area (TPSA) is 136 Å². The fourth-order valence-electron chi connectivity index (χ4n) is 4.96. The first kappa shape index (κ1) is 23.9. The number of hydrogen-bond acceptors (Lipinski definition) is 8. The van der Waals surface area contributed by atoms with Crippen molar-refractivity contribution in [2.45, 2.75) is 35.8 Å². The summed E-state index contributed by atoms with van der Waals surface area (Å²) in [6.45, 7) is 5.67. The quantitative estimate of drug-likeness (QED) is 0.595. The summed E-state index contributed by atoms with van der Waals surface area (Å²) < 4.78 is 39.1. The van der Waals surface area contributed by atoms with E-state index >= 15 is 0 Å². The number of hydrogen-bond donors (Lipinski definition) is 2. The largest absolute Gasteiger partial charge is 0.483 e. The Labute approximate surface area is 191 Å². The number of ether oxygens (including phenoxy) is 1. The van der Waals surface area contributed by atoms with Gasteiger partial charge in [0.05, 0.1) is 22.6 Å². The van der Waals surface area contributed by atoms with Crippen LogP contribution in [0.15, 0.2) is 32.3 Å². The average Bonchev–Trinajstić information content (AvgIpc) is 3.37. The lowest BCUT2D eigenvalue weighted by Gasteiger charge is -2.39. The lowest BCUT2D eigenvalue weighted by molar-refractivity contribution is -0.122.